The molecular formula is C20H22ClN3O2. The fourth-order valence-corrected chi connectivity index (χ4v) is 3.20. The zero-order chi connectivity index (χ0) is 18.5. The van der Waals surface area contributed by atoms with Crippen molar-refractivity contribution < 1.29 is 9.59 Å². The van der Waals surface area contributed by atoms with E-state index in [1.807, 2.05) is 53.4 Å². The highest BCUT2D eigenvalue weighted by Gasteiger charge is 2.21. The average Bonchev–Trinajstić information content (AvgIpc) is 2.67. The molecule has 0 unspecified atom stereocenters. The van der Waals surface area contributed by atoms with Crippen LogP contribution in [-0.2, 0) is 6.54 Å². The number of amides is 2. The lowest BCUT2D eigenvalue weighted by Crippen LogP contribution is -2.51. The van der Waals surface area contributed by atoms with E-state index < -0.39 is 0 Å². The molecule has 2 aromatic rings. The lowest BCUT2D eigenvalue weighted by Gasteiger charge is -2.36. The summed E-state index contributed by atoms with van der Waals surface area (Å²) in [5.74, 6) is 0.0663. The highest BCUT2D eigenvalue weighted by Crippen LogP contribution is 2.18. The number of nitrogens with zero attached hydrogens (tertiary/aromatic N) is 2. The van der Waals surface area contributed by atoms with Crippen LogP contribution in [0.25, 0.3) is 0 Å². The summed E-state index contributed by atoms with van der Waals surface area (Å²) < 4.78 is 0. The van der Waals surface area contributed by atoms with E-state index in [2.05, 4.69) is 10.2 Å². The van der Waals surface area contributed by atoms with Crippen LogP contribution in [-0.4, -0.2) is 42.9 Å². The number of halogens is 1. The Morgan fingerprint density at radius 3 is 2.27 bits per heavy atom. The maximum atomic E-state index is 12.4. The number of carbonyl (C=O) groups excluding carboxylic acids is 2. The molecule has 0 aromatic heterocycles. The standard InChI is InChI=1S/C20H22ClN3O2/c1-15(25)16-6-8-18(9-7-16)23-10-12-24(13-11-23)20(26)22-14-17-4-2-3-5-19(17)21/h2-9H,10-14H2,1H3,(H,22,26). The zero-order valence-corrected chi connectivity index (χ0v) is 15.5. The van der Waals surface area contributed by atoms with E-state index in [9.17, 15) is 9.59 Å². The maximum Gasteiger partial charge on any atom is 0.317 e. The first-order valence-corrected chi connectivity index (χ1v) is 9.04. The van der Waals surface area contributed by atoms with E-state index in [-0.39, 0.29) is 11.8 Å². The van der Waals surface area contributed by atoms with Crippen molar-refractivity contribution in [2.24, 2.45) is 0 Å². The molecule has 6 heteroatoms. The van der Waals surface area contributed by atoms with E-state index in [0.29, 0.717) is 30.2 Å². The van der Waals surface area contributed by atoms with Crippen molar-refractivity contribution in [1.29, 1.82) is 0 Å². The molecule has 0 radical (unpaired) electrons. The number of ketones is 1. The summed E-state index contributed by atoms with van der Waals surface area (Å²) >= 11 is 6.12. The predicted molar refractivity (Wildman–Crippen MR) is 104 cm³/mol. The molecule has 0 saturated carbocycles. The number of piperazine rings is 1. The van der Waals surface area contributed by atoms with Crippen LogP contribution in [0.4, 0.5) is 10.5 Å². The minimum Gasteiger partial charge on any atom is -0.368 e. The van der Waals surface area contributed by atoms with Gasteiger partial charge in [-0.3, -0.25) is 4.79 Å². The second kappa shape index (κ2) is 8.23. The second-order valence-corrected chi connectivity index (χ2v) is 6.73. The number of hydrogen-bond acceptors (Lipinski definition) is 3. The summed E-state index contributed by atoms with van der Waals surface area (Å²) in [4.78, 5) is 27.8. The molecular weight excluding hydrogens is 350 g/mol. The lowest BCUT2D eigenvalue weighted by molar-refractivity contribution is 0.101. The Labute approximate surface area is 158 Å². The summed E-state index contributed by atoms with van der Waals surface area (Å²) in [5.41, 5.74) is 2.70. The molecule has 0 atom stereocenters. The second-order valence-electron chi connectivity index (χ2n) is 6.33. The monoisotopic (exact) mass is 371 g/mol. The summed E-state index contributed by atoms with van der Waals surface area (Å²) in [5, 5.41) is 3.59. The van der Waals surface area contributed by atoms with Crippen molar-refractivity contribution in [2.45, 2.75) is 13.5 Å². The van der Waals surface area contributed by atoms with Crippen LogP contribution >= 0.6 is 11.6 Å². The van der Waals surface area contributed by atoms with Gasteiger partial charge in [0.1, 0.15) is 0 Å². The fourth-order valence-electron chi connectivity index (χ4n) is 3.00. The SMILES string of the molecule is CC(=O)c1ccc(N2CCN(C(=O)NCc3ccccc3Cl)CC2)cc1. The molecule has 2 aromatic carbocycles. The van der Waals surface area contributed by atoms with Crippen LogP contribution in [0.15, 0.2) is 48.5 Å². The van der Waals surface area contributed by atoms with Crippen molar-refractivity contribution in [2.75, 3.05) is 31.1 Å². The topological polar surface area (TPSA) is 52.7 Å². The van der Waals surface area contributed by atoms with Gasteiger partial charge in [0.2, 0.25) is 0 Å². The van der Waals surface area contributed by atoms with Gasteiger partial charge in [-0.1, -0.05) is 29.8 Å². The minimum absolute atomic E-state index is 0.0663. The predicted octanol–water partition coefficient (Wildman–Crippen LogP) is 3.57. The van der Waals surface area contributed by atoms with Gasteiger partial charge in [0.25, 0.3) is 0 Å². The molecule has 1 heterocycles. The molecule has 1 aliphatic heterocycles. The Balaban J connectivity index is 1.50. The highest BCUT2D eigenvalue weighted by molar-refractivity contribution is 6.31. The van der Waals surface area contributed by atoms with Crippen LogP contribution in [0.5, 0.6) is 0 Å². The van der Waals surface area contributed by atoms with Gasteiger partial charge in [-0.05, 0) is 42.8 Å². The van der Waals surface area contributed by atoms with E-state index >= 15 is 0 Å². The molecule has 0 bridgehead atoms. The Hall–Kier alpha value is -2.53. The number of benzene rings is 2. The van der Waals surface area contributed by atoms with Gasteiger partial charge in [0.05, 0.1) is 0 Å². The van der Waals surface area contributed by atoms with Gasteiger partial charge in [-0.2, -0.15) is 0 Å². The average molecular weight is 372 g/mol. The first-order valence-electron chi connectivity index (χ1n) is 8.67. The third-order valence-electron chi connectivity index (χ3n) is 4.59. The number of urea groups is 1. The first-order chi connectivity index (χ1) is 12.5. The van der Waals surface area contributed by atoms with Gasteiger partial charge in [-0.15, -0.1) is 0 Å². The van der Waals surface area contributed by atoms with Crippen LogP contribution in [0.3, 0.4) is 0 Å². The van der Waals surface area contributed by atoms with Crippen molar-refractivity contribution in [1.82, 2.24) is 10.2 Å². The molecule has 0 spiro atoms. The van der Waals surface area contributed by atoms with Gasteiger partial charge in [0, 0.05) is 49.0 Å². The summed E-state index contributed by atoms with van der Waals surface area (Å²) in [6.07, 6.45) is 0. The number of Topliss-reactive ketones (excluding diaryl/α,β-unsaturated/α-hetero) is 1. The number of nitrogens with one attached hydrogen (secondary N) is 1. The zero-order valence-electron chi connectivity index (χ0n) is 14.7. The molecule has 136 valence electrons. The van der Waals surface area contributed by atoms with E-state index in [4.69, 9.17) is 11.6 Å². The molecule has 3 rings (SSSR count). The third kappa shape index (κ3) is 4.35. The van der Waals surface area contributed by atoms with Crippen molar-refractivity contribution in [3.63, 3.8) is 0 Å². The van der Waals surface area contributed by atoms with Gasteiger partial charge < -0.3 is 15.1 Å². The molecule has 26 heavy (non-hydrogen) atoms. The number of carbonyl (C=O) groups is 2. The van der Waals surface area contributed by atoms with Crippen molar-refractivity contribution >= 4 is 29.1 Å². The summed E-state index contributed by atoms with van der Waals surface area (Å²) in [6.45, 7) is 4.82. The van der Waals surface area contributed by atoms with E-state index in [1.54, 1.807) is 6.92 Å². The molecule has 1 fully saturated rings. The molecule has 5 nitrogen and oxygen atoms in total. The normalized spacial score (nSPS) is 14.2. The largest absolute Gasteiger partial charge is 0.368 e. The van der Waals surface area contributed by atoms with Gasteiger partial charge >= 0.3 is 6.03 Å². The van der Waals surface area contributed by atoms with E-state index in [1.165, 1.54) is 0 Å². The number of rotatable bonds is 4. The first kappa shape index (κ1) is 18.3. The Morgan fingerprint density at radius 1 is 1.00 bits per heavy atom. The molecule has 1 N–H and O–H groups in total. The molecule has 2 amide bonds. The third-order valence-corrected chi connectivity index (χ3v) is 4.96. The van der Waals surface area contributed by atoms with Crippen LogP contribution in [0, 0.1) is 0 Å². The highest BCUT2D eigenvalue weighted by atomic mass is 35.5. The summed E-state index contributed by atoms with van der Waals surface area (Å²) in [6, 6.07) is 15.1. The van der Waals surface area contributed by atoms with Gasteiger partial charge in [-0.25, -0.2) is 4.79 Å². The van der Waals surface area contributed by atoms with Gasteiger partial charge in [0.15, 0.2) is 5.78 Å². The minimum atomic E-state index is -0.0727. The van der Waals surface area contributed by atoms with Crippen LogP contribution in [0.2, 0.25) is 5.02 Å². The lowest BCUT2D eigenvalue weighted by atomic mass is 10.1. The number of anilines is 1. The summed E-state index contributed by atoms with van der Waals surface area (Å²) in [7, 11) is 0. The van der Waals surface area contributed by atoms with Crippen molar-refractivity contribution in [3.05, 3.63) is 64.7 Å². The van der Waals surface area contributed by atoms with Crippen molar-refractivity contribution in [3.8, 4) is 0 Å². The van der Waals surface area contributed by atoms with E-state index in [0.717, 1.165) is 24.3 Å². The Morgan fingerprint density at radius 2 is 1.65 bits per heavy atom. The Bertz CT molecular complexity index is 784. The van der Waals surface area contributed by atoms with Crippen LogP contribution in [0.1, 0.15) is 22.8 Å². The quantitative estimate of drug-likeness (QED) is 0.836. The molecule has 1 aliphatic rings. The van der Waals surface area contributed by atoms with Crippen LogP contribution < -0.4 is 10.2 Å². The smallest absolute Gasteiger partial charge is 0.317 e. The number of hydrogen-bond donors (Lipinski definition) is 1. The molecule has 0 aliphatic carbocycles. The fraction of sp³-hybridized carbons (Fsp3) is 0.300. The Kier molecular flexibility index (Phi) is 5.78. The maximum absolute atomic E-state index is 12.4. The molecule has 1 saturated heterocycles.